The highest BCUT2D eigenvalue weighted by Crippen LogP contribution is 2.09. The number of aliphatic hydroxyl groups is 1. The summed E-state index contributed by atoms with van der Waals surface area (Å²) in [5.41, 5.74) is 0. The number of allylic oxidation sites excluding steroid dienone is 9. The minimum Gasteiger partial charge on any atom is -0.463 e. The molecule has 25 heavy (non-hydrogen) atoms. The number of hydrogen-bond acceptors (Lipinski definition) is 3. The Bertz CT molecular complexity index is 456. The predicted molar refractivity (Wildman–Crippen MR) is 106 cm³/mol. The van der Waals surface area contributed by atoms with Crippen LogP contribution in [0.1, 0.15) is 58.8 Å². The van der Waals surface area contributed by atoms with Gasteiger partial charge in [-0.1, -0.05) is 80.9 Å². The van der Waals surface area contributed by atoms with Gasteiger partial charge in [-0.2, -0.15) is 0 Å². The molecule has 0 aromatic rings. The second-order valence-electron chi connectivity index (χ2n) is 5.77. The number of esters is 1. The standard InChI is InChI=1S/C22H34O3/c1-3-5-15-18-21(23)19-16-13-11-9-7-6-8-10-12-14-17-20-22(24)25-4-2/h6-12,14,17,20-21,23H,3-5,13,15-16,18-19H2,1-2H3/b7-6-,10-8-,11-9-,14-12-,20-17+/t21-/m0/s1. The molecule has 0 spiro atoms. The molecule has 3 nitrogen and oxygen atoms in total. The number of hydrogen-bond donors (Lipinski definition) is 1. The third-order valence-electron chi connectivity index (χ3n) is 3.48. The van der Waals surface area contributed by atoms with Crippen molar-refractivity contribution in [1.29, 1.82) is 0 Å². The van der Waals surface area contributed by atoms with E-state index in [1.165, 1.54) is 18.9 Å². The first kappa shape index (κ1) is 23.1. The fourth-order valence-electron chi connectivity index (χ4n) is 2.13. The topological polar surface area (TPSA) is 46.5 Å². The first-order valence-corrected chi connectivity index (χ1v) is 9.38. The van der Waals surface area contributed by atoms with Crippen molar-refractivity contribution in [3.05, 3.63) is 60.8 Å². The Morgan fingerprint density at radius 2 is 1.48 bits per heavy atom. The van der Waals surface area contributed by atoms with E-state index in [0.717, 1.165) is 32.1 Å². The lowest BCUT2D eigenvalue weighted by Crippen LogP contribution is -2.05. The van der Waals surface area contributed by atoms with Crippen LogP contribution in [0.3, 0.4) is 0 Å². The van der Waals surface area contributed by atoms with Crippen LogP contribution >= 0.6 is 0 Å². The van der Waals surface area contributed by atoms with Gasteiger partial charge in [-0.3, -0.25) is 0 Å². The summed E-state index contributed by atoms with van der Waals surface area (Å²) >= 11 is 0. The highest BCUT2D eigenvalue weighted by molar-refractivity contribution is 5.82. The molecular weight excluding hydrogens is 312 g/mol. The number of carbonyl (C=O) groups is 1. The van der Waals surface area contributed by atoms with Gasteiger partial charge in [0.2, 0.25) is 0 Å². The van der Waals surface area contributed by atoms with Gasteiger partial charge in [0.1, 0.15) is 0 Å². The molecule has 0 amide bonds. The van der Waals surface area contributed by atoms with E-state index in [-0.39, 0.29) is 12.1 Å². The SMILES string of the molecule is CCCCC[C@H](O)CCC\C=C/C=C\C=C/C=C\C=C\C(=O)OCC. The van der Waals surface area contributed by atoms with Crippen LogP contribution in [-0.2, 0) is 9.53 Å². The summed E-state index contributed by atoms with van der Waals surface area (Å²) in [4.78, 5) is 11.0. The van der Waals surface area contributed by atoms with Crippen molar-refractivity contribution in [3.8, 4) is 0 Å². The third kappa shape index (κ3) is 18.3. The van der Waals surface area contributed by atoms with E-state index < -0.39 is 0 Å². The summed E-state index contributed by atoms with van der Waals surface area (Å²) in [5, 5.41) is 9.81. The normalized spacial score (nSPS) is 13.9. The minimum atomic E-state index is -0.324. The molecule has 3 heteroatoms. The summed E-state index contributed by atoms with van der Waals surface area (Å²) in [5.74, 6) is -0.324. The van der Waals surface area contributed by atoms with Crippen molar-refractivity contribution in [2.24, 2.45) is 0 Å². The number of unbranched alkanes of at least 4 members (excludes halogenated alkanes) is 3. The third-order valence-corrected chi connectivity index (χ3v) is 3.48. The van der Waals surface area contributed by atoms with Gasteiger partial charge in [0, 0.05) is 6.08 Å². The van der Waals surface area contributed by atoms with Crippen LogP contribution in [-0.4, -0.2) is 23.8 Å². The van der Waals surface area contributed by atoms with E-state index in [1.54, 1.807) is 19.1 Å². The summed E-state index contributed by atoms with van der Waals surface area (Å²) in [6.07, 6.45) is 25.9. The average Bonchev–Trinajstić information content (AvgIpc) is 2.59. The number of aliphatic hydroxyl groups excluding tert-OH is 1. The van der Waals surface area contributed by atoms with Crippen molar-refractivity contribution < 1.29 is 14.6 Å². The molecule has 0 aromatic heterocycles. The van der Waals surface area contributed by atoms with Crippen LogP contribution in [0, 0.1) is 0 Å². The van der Waals surface area contributed by atoms with Crippen molar-refractivity contribution in [3.63, 3.8) is 0 Å². The summed E-state index contributed by atoms with van der Waals surface area (Å²) in [6, 6.07) is 0. The van der Waals surface area contributed by atoms with Gasteiger partial charge in [-0.15, -0.1) is 0 Å². The Balaban J connectivity index is 3.69. The van der Waals surface area contributed by atoms with Gasteiger partial charge in [0.25, 0.3) is 0 Å². The molecule has 140 valence electrons. The minimum absolute atomic E-state index is 0.136. The van der Waals surface area contributed by atoms with Crippen molar-refractivity contribution in [2.45, 2.75) is 64.9 Å². The van der Waals surface area contributed by atoms with Crippen molar-refractivity contribution >= 4 is 5.97 Å². The molecule has 0 aromatic carbocycles. The predicted octanol–water partition coefficient (Wildman–Crippen LogP) is 5.44. The molecule has 1 atom stereocenters. The molecule has 0 fully saturated rings. The lowest BCUT2D eigenvalue weighted by Gasteiger charge is -2.08. The molecule has 0 aliphatic carbocycles. The quantitative estimate of drug-likeness (QED) is 0.197. The number of rotatable bonds is 14. The highest BCUT2D eigenvalue weighted by atomic mass is 16.5. The van der Waals surface area contributed by atoms with Crippen LogP contribution in [0.5, 0.6) is 0 Å². The van der Waals surface area contributed by atoms with Gasteiger partial charge in [-0.25, -0.2) is 4.79 Å². The summed E-state index contributed by atoms with van der Waals surface area (Å²) in [7, 11) is 0. The Morgan fingerprint density at radius 3 is 2.12 bits per heavy atom. The molecule has 0 saturated heterocycles. The lowest BCUT2D eigenvalue weighted by atomic mass is 10.1. The molecule has 1 N–H and O–H groups in total. The van der Waals surface area contributed by atoms with Crippen LogP contribution < -0.4 is 0 Å². The fourth-order valence-corrected chi connectivity index (χ4v) is 2.13. The molecular formula is C22H34O3. The van der Waals surface area contributed by atoms with Gasteiger partial charge >= 0.3 is 5.97 Å². The van der Waals surface area contributed by atoms with E-state index in [0.29, 0.717) is 6.61 Å². The monoisotopic (exact) mass is 346 g/mol. The zero-order valence-corrected chi connectivity index (χ0v) is 15.8. The molecule has 0 aliphatic rings. The fraction of sp³-hybridized carbons (Fsp3) is 0.500. The smallest absolute Gasteiger partial charge is 0.330 e. The van der Waals surface area contributed by atoms with Crippen LogP contribution in [0.15, 0.2) is 60.8 Å². The van der Waals surface area contributed by atoms with Crippen LogP contribution in [0.4, 0.5) is 0 Å². The molecule has 0 bridgehead atoms. The Hall–Kier alpha value is -1.87. The van der Waals surface area contributed by atoms with Crippen molar-refractivity contribution in [1.82, 2.24) is 0 Å². The number of carbonyl (C=O) groups excluding carboxylic acids is 1. The van der Waals surface area contributed by atoms with Gasteiger partial charge < -0.3 is 9.84 Å². The molecule has 0 aliphatic heterocycles. The van der Waals surface area contributed by atoms with Crippen molar-refractivity contribution in [2.75, 3.05) is 6.61 Å². The van der Waals surface area contributed by atoms with E-state index in [2.05, 4.69) is 13.0 Å². The lowest BCUT2D eigenvalue weighted by molar-refractivity contribution is -0.137. The first-order chi connectivity index (χ1) is 12.2. The highest BCUT2D eigenvalue weighted by Gasteiger charge is 2.01. The Labute approximate surface area is 153 Å². The van der Waals surface area contributed by atoms with Crippen LogP contribution in [0.2, 0.25) is 0 Å². The molecule has 0 heterocycles. The van der Waals surface area contributed by atoms with E-state index in [1.807, 2.05) is 36.5 Å². The molecule has 0 unspecified atom stereocenters. The van der Waals surface area contributed by atoms with E-state index >= 15 is 0 Å². The Morgan fingerprint density at radius 1 is 0.880 bits per heavy atom. The van der Waals surface area contributed by atoms with Gasteiger partial charge in [0.15, 0.2) is 0 Å². The summed E-state index contributed by atoms with van der Waals surface area (Å²) in [6.45, 7) is 4.35. The largest absolute Gasteiger partial charge is 0.463 e. The van der Waals surface area contributed by atoms with E-state index in [9.17, 15) is 9.90 Å². The maximum absolute atomic E-state index is 11.0. The maximum Gasteiger partial charge on any atom is 0.330 e. The molecule has 0 saturated carbocycles. The zero-order valence-electron chi connectivity index (χ0n) is 15.8. The molecule has 0 radical (unpaired) electrons. The zero-order chi connectivity index (χ0) is 18.6. The van der Waals surface area contributed by atoms with Gasteiger partial charge in [-0.05, 0) is 32.6 Å². The second-order valence-corrected chi connectivity index (χ2v) is 5.77. The van der Waals surface area contributed by atoms with E-state index in [4.69, 9.17) is 4.74 Å². The Kier molecular flexibility index (Phi) is 17.1. The van der Waals surface area contributed by atoms with Gasteiger partial charge in [0.05, 0.1) is 12.7 Å². The summed E-state index contributed by atoms with van der Waals surface area (Å²) < 4.78 is 4.77. The second kappa shape index (κ2) is 18.5. The maximum atomic E-state index is 11.0. The first-order valence-electron chi connectivity index (χ1n) is 9.38. The van der Waals surface area contributed by atoms with Crippen LogP contribution in [0.25, 0.3) is 0 Å². The number of ether oxygens (including phenoxy) is 1. The average molecular weight is 347 g/mol. The molecule has 0 rings (SSSR count).